The fourth-order valence-electron chi connectivity index (χ4n) is 1.58. The van der Waals surface area contributed by atoms with Crippen LogP contribution in [-0.2, 0) is 9.47 Å². The molecule has 0 heterocycles. The van der Waals surface area contributed by atoms with Crippen molar-refractivity contribution in [2.75, 3.05) is 26.4 Å². The van der Waals surface area contributed by atoms with Crippen LogP contribution in [0.15, 0.2) is 24.3 Å². The van der Waals surface area contributed by atoms with Crippen LogP contribution >= 0.6 is 12.2 Å². The molecule has 0 saturated carbocycles. The van der Waals surface area contributed by atoms with E-state index in [4.69, 9.17) is 32.2 Å². The lowest BCUT2D eigenvalue weighted by atomic mass is 10.2. The van der Waals surface area contributed by atoms with Crippen molar-refractivity contribution in [3.8, 4) is 5.75 Å². The zero-order valence-electron chi connectivity index (χ0n) is 13.1. The van der Waals surface area contributed by atoms with Crippen LogP contribution in [0.1, 0.15) is 32.8 Å². The van der Waals surface area contributed by atoms with E-state index in [0.717, 1.165) is 17.7 Å². The molecule has 0 spiro atoms. The van der Waals surface area contributed by atoms with E-state index in [2.05, 4.69) is 0 Å². The summed E-state index contributed by atoms with van der Waals surface area (Å²) in [7, 11) is 0. The van der Waals surface area contributed by atoms with Gasteiger partial charge < -0.3 is 19.9 Å². The molecule has 21 heavy (non-hydrogen) atoms. The van der Waals surface area contributed by atoms with Crippen LogP contribution in [0.2, 0.25) is 0 Å². The van der Waals surface area contributed by atoms with Crippen LogP contribution in [0.4, 0.5) is 0 Å². The summed E-state index contributed by atoms with van der Waals surface area (Å²) in [6, 6.07) is 7.45. The molecular weight excluding hydrogens is 286 g/mol. The number of rotatable bonds is 9. The Morgan fingerprint density at radius 2 is 1.71 bits per heavy atom. The molecule has 118 valence electrons. The number of hydrogen-bond acceptors (Lipinski definition) is 4. The molecule has 1 aromatic rings. The van der Waals surface area contributed by atoms with Crippen LogP contribution in [-0.4, -0.2) is 37.0 Å². The molecule has 0 aliphatic heterocycles. The van der Waals surface area contributed by atoms with Crippen molar-refractivity contribution in [2.24, 2.45) is 5.73 Å². The van der Waals surface area contributed by atoms with Gasteiger partial charge in [-0.25, -0.2) is 0 Å². The number of benzene rings is 1. The highest BCUT2D eigenvalue weighted by molar-refractivity contribution is 7.80. The van der Waals surface area contributed by atoms with Crippen LogP contribution in [0.25, 0.3) is 0 Å². The summed E-state index contributed by atoms with van der Waals surface area (Å²) in [6.07, 6.45) is 0.840. The van der Waals surface area contributed by atoms with Crippen LogP contribution in [0.5, 0.6) is 5.75 Å². The largest absolute Gasteiger partial charge is 0.494 e. The van der Waals surface area contributed by atoms with Crippen molar-refractivity contribution in [1.29, 1.82) is 0 Å². The molecule has 0 radical (unpaired) electrons. The quantitative estimate of drug-likeness (QED) is 0.561. The summed E-state index contributed by atoms with van der Waals surface area (Å²) in [5.74, 6) is 0.811. The first-order valence-electron chi connectivity index (χ1n) is 7.13. The maximum atomic E-state index is 5.61. The predicted octanol–water partition coefficient (Wildman–Crippen LogP) is 2.92. The SMILES string of the molecule is CC(C)(C)OCCOCCCOc1ccc(C(N)=S)cc1. The first-order valence-corrected chi connectivity index (χ1v) is 7.54. The highest BCUT2D eigenvalue weighted by atomic mass is 32.1. The van der Waals surface area contributed by atoms with E-state index in [1.807, 2.05) is 45.0 Å². The summed E-state index contributed by atoms with van der Waals surface area (Å²) < 4.78 is 16.6. The minimum atomic E-state index is -0.107. The van der Waals surface area contributed by atoms with E-state index in [0.29, 0.717) is 31.4 Å². The second-order valence-electron chi connectivity index (χ2n) is 5.66. The summed E-state index contributed by atoms with van der Waals surface area (Å²) in [5, 5.41) is 0. The number of thiocarbonyl (C=S) groups is 1. The maximum absolute atomic E-state index is 5.61. The standard InChI is InChI=1S/C16H25NO3S/c1-16(2,3)20-12-11-18-9-4-10-19-14-7-5-13(6-8-14)15(17)21/h5-8H,4,9-12H2,1-3H3,(H2,17,21). The Hall–Kier alpha value is -1.17. The molecule has 0 amide bonds. The third-order valence-corrected chi connectivity index (χ3v) is 2.84. The summed E-state index contributed by atoms with van der Waals surface area (Å²) >= 11 is 4.90. The van der Waals surface area contributed by atoms with Crippen molar-refractivity contribution in [2.45, 2.75) is 32.8 Å². The minimum Gasteiger partial charge on any atom is -0.494 e. The van der Waals surface area contributed by atoms with Gasteiger partial charge in [-0.3, -0.25) is 0 Å². The van der Waals surface area contributed by atoms with Gasteiger partial charge in [-0.2, -0.15) is 0 Å². The topological polar surface area (TPSA) is 53.7 Å². The number of hydrogen-bond donors (Lipinski definition) is 1. The molecule has 0 unspecified atom stereocenters. The Labute approximate surface area is 132 Å². The lowest BCUT2D eigenvalue weighted by Crippen LogP contribution is -2.22. The molecule has 0 bridgehead atoms. The summed E-state index contributed by atoms with van der Waals surface area (Å²) in [5.41, 5.74) is 6.27. The van der Waals surface area contributed by atoms with E-state index in [9.17, 15) is 0 Å². The molecule has 0 aromatic heterocycles. The molecule has 0 saturated heterocycles. The molecule has 0 aliphatic carbocycles. The van der Waals surface area contributed by atoms with E-state index >= 15 is 0 Å². The lowest BCUT2D eigenvalue weighted by molar-refractivity contribution is -0.0357. The molecular formula is C16H25NO3S. The second-order valence-corrected chi connectivity index (χ2v) is 6.10. The Kier molecular flexibility index (Phi) is 7.64. The maximum Gasteiger partial charge on any atom is 0.119 e. The third-order valence-electron chi connectivity index (χ3n) is 2.60. The molecule has 2 N–H and O–H groups in total. The van der Waals surface area contributed by atoms with Gasteiger partial charge in [-0.1, -0.05) is 12.2 Å². The smallest absolute Gasteiger partial charge is 0.119 e. The summed E-state index contributed by atoms with van der Waals surface area (Å²) in [4.78, 5) is 0.396. The van der Waals surface area contributed by atoms with Gasteiger partial charge in [0.05, 0.1) is 25.4 Å². The highest BCUT2D eigenvalue weighted by Gasteiger charge is 2.08. The first kappa shape index (κ1) is 17.9. The van der Waals surface area contributed by atoms with Crippen molar-refractivity contribution < 1.29 is 14.2 Å². The van der Waals surface area contributed by atoms with Crippen molar-refractivity contribution >= 4 is 17.2 Å². The van der Waals surface area contributed by atoms with Gasteiger partial charge in [-0.15, -0.1) is 0 Å². The summed E-state index contributed by atoms with van der Waals surface area (Å²) in [6.45, 7) is 8.60. The molecule has 0 fully saturated rings. The number of nitrogens with two attached hydrogens (primary N) is 1. The zero-order chi connectivity index (χ0) is 15.7. The van der Waals surface area contributed by atoms with Gasteiger partial charge in [0, 0.05) is 18.6 Å². The van der Waals surface area contributed by atoms with Gasteiger partial charge in [-0.05, 0) is 45.0 Å². The molecule has 1 rings (SSSR count). The monoisotopic (exact) mass is 311 g/mol. The third kappa shape index (κ3) is 8.65. The lowest BCUT2D eigenvalue weighted by Gasteiger charge is -2.19. The Morgan fingerprint density at radius 1 is 1.05 bits per heavy atom. The fourth-order valence-corrected chi connectivity index (χ4v) is 1.71. The molecule has 0 aliphatic rings. The first-order chi connectivity index (χ1) is 9.88. The normalized spacial score (nSPS) is 11.4. The van der Waals surface area contributed by atoms with Gasteiger partial charge in [0.2, 0.25) is 0 Å². The van der Waals surface area contributed by atoms with Crippen molar-refractivity contribution in [3.05, 3.63) is 29.8 Å². The van der Waals surface area contributed by atoms with Crippen LogP contribution < -0.4 is 10.5 Å². The fraction of sp³-hybridized carbons (Fsp3) is 0.562. The molecule has 0 atom stereocenters. The van der Waals surface area contributed by atoms with E-state index in [1.54, 1.807) is 0 Å². The van der Waals surface area contributed by atoms with E-state index in [-0.39, 0.29) is 5.60 Å². The average molecular weight is 311 g/mol. The van der Waals surface area contributed by atoms with Gasteiger partial charge in [0.1, 0.15) is 10.7 Å². The molecule has 1 aromatic carbocycles. The van der Waals surface area contributed by atoms with Crippen molar-refractivity contribution in [1.82, 2.24) is 0 Å². The molecule has 4 nitrogen and oxygen atoms in total. The minimum absolute atomic E-state index is 0.107. The van der Waals surface area contributed by atoms with Crippen LogP contribution in [0.3, 0.4) is 0 Å². The second kappa shape index (κ2) is 8.97. The average Bonchev–Trinajstić information content (AvgIpc) is 2.41. The van der Waals surface area contributed by atoms with Gasteiger partial charge in [0.25, 0.3) is 0 Å². The predicted molar refractivity (Wildman–Crippen MR) is 89.0 cm³/mol. The highest BCUT2D eigenvalue weighted by Crippen LogP contribution is 2.12. The van der Waals surface area contributed by atoms with Crippen LogP contribution in [0, 0.1) is 0 Å². The zero-order valence-corrected chi connectivity index (χ0v) is 13.9. The Balaban J connectivity index is 2.05. The Morgan fingerprint density at radius 3 is 2.29 bits per heavy atom. The van der Waals surface area contributed by atoms with E-state index < -0.39 is 0 Å². The van der Waals surface area contributed by atoms with Gasteiger partial charge in [0.15, 0.2) is 0 Å². The molecule has 5 heteroatoms. The van der Waals surface area contributed by atoms with Crippen molar-refractivity contribution in [3.63, 3.8) is 0 Å². The number of ether oxygens (including phenoxy) is 3. The van der Waals surface area contributed by atoms with Gasteiger partial charge >= 0.3 is 0 Å². The Bertz CT molecular complexity index is 426. The van der Waals surface area contributed by atoms with E-state index in [1.165, 1.54) is 0 Å².